The third-order valence-corrected chi connectivity index (χ3v) is 7.03. The summed E-state index contributed by atoms with van der Waals surface area (Å²) in [6.07, 6.45) is 1.62. The number of rotatable bonds is 3. The summed E-state index contributed by atoms with van der Waals surface area (Å²) in [4.78, 5) is 4.63. The van der Waals surface area contributed by atoms with Gasteiger partial charge >= 0.3 is 0 Å². The number of aromatic nitrogens is 2. The molecular weight excluding hydrogens is 459 g/mol. The second-order valence-electron chi connectivity index (χ2n) is 5.99. The fourth-order valence-electron chi connectivity index (χ4n) is 2.94. The van der Waals surface area contributed by atoms with E-state index in [1.165, 1.54) is 3.97 Å². The number of hydrogen-bond donors (Lipinski definition) is 0. The van der Waals surface area contributed by atoms with Crippen molar-refractivity contribution in [1.82, 2.24) is 8.96 Å². The molecule has 0 aliphatic rings. The third-order valence-electron chi connectivity index (χ3n) is 4.23. The van der Waals surface area contributed by atoms with E-state index in [0.29, 0.717) is 11.3 Å². The van der Waals surface area contributed by atoms with Crippen molar-refractivity contribution in [3.8, 4) is 11.3 Å². The van der Waals surface area contributed by atoms with E-state index < -0.39 is 10.0 Å². The summed E-state index contributed by atoms with van der Waals surface area (Å²) in [6.45, 7) is 1.93. The average Bonchev–Trinajstić information content (AvgIpc) is 2.96. The van der Waals surface area contributed by atoms with Crippen LogP contribution in [0, 0.1) is 10.5 Å². The molecule has 26 heavy (non-hydrogen) atoms. The van der Waals surface area contributed by atoms with Crippen molar-refractivity contribution in [3.63, 3.8) is 0 Å². The maximum atomic E-state index is 13.5. The Kier molecular flexibility index (Phi) is 4.32. The molecule has 6 heteroatoms. The third kappa shape index (κ3) is 2.73. The van der Waals surface area contributed by atoms with Crippen LogP contribution in [0.15, 0.2) is 77.8 Å². The van der Waals surface area contributed by atoms with Crippen LogP contribution in [-0.2, 0) is 10.0 Å². The summed E-state index contributed by atoms with van der Waals surface area (Å²) in [6, 6.07) is 20.2. The van der Waals surface area contributed by atoms with Gasteiger partial charge in [0, 0.05) is 20.7 Å². The van der Waals surface area contributed by atoms with E-state index in [1.54, 1.807) is 30.5 Å². The molecule has 0 fully saturated rings. The summed E-state index contributed by atoms with van der Waals surface area (Å²) in [5.41, 5.74) is 2.93. The molecular formula is C20H15IN2O2S. The second-order valence-corrected chi connectivity index (χ2v) is 8.85. The Labute approximate surface area is 165 Å². The average molecular weight is 474 g/mol. The van der Waals surface area contributed by atoms with Gasteiger partial charge < -0.3 is 0 Å². The van der Waals surface area contributed by atoms with Crippen molar-refractivity contribution < 1.29 is 8.42 Å². The van der Waals surface area contributed by atoms with Gasteiger partial charge in [0.2, 0.25) is 0 Å². The zero-order chi connectivity index (χ0) is 18.3. The molecule has 0 saturated heterocycles. The normalized spacial score (nSPS) is 11.8. The van der Waals surface area contributed by atoms with Crippen LogP contribution in [0.2, 0.25) is 0 Å². The molecule has 0 amide bonds. The largest absolute Gasteiger partial charge is 0.269 e. The monoisotopic (exact) mass is 474 g/mol. The predicted molar refractivity (Wildman–Crippen MR) is 112 cm³/mol. The molecule has 0 atom stereocenters. The lowest BCUT2D eigenvalue weighted by Crippen LogP contribution is -2.15. The van der Waals surface area contributed by atoms with E-state index in [9.17, 15) is 8.42 Å². The summed E-state index contributed by atoms with van der Waals surface area (Å²) < 4.78 is 29.2. The van der Waals surface area contributed by atoms with Gasteiger partial charge in [-0.2, -0.15) is 0 Å². The van der Waals surface area contributed by atoms with Gasteiger partial charge in [-0.25, -0.2) is 17.4 Å². The van der Waals surface area contributed by atoms with Crippen molar-refractivity contribution in [2.75, 3.05) is 0 Å². The van der Waals surface area contributed by atoms with Crippen LogP contribution in [0.1, 0.15) is 5.56 Å². The number of aryl methyl sites for hydroxylation is 1. The Balaban J connectivity index is 2.10. The van der Waals surface area contributed by atoms with Gasteiger partial charge in [-0.05, 0) is 53.8 Å². The standard InChI is InChI=1S/C20H15IN2O2S/c1-14-9-11-16(12-10-14)26(24,25)23-19(15-6-3-2-4-7-15)18(21)17-8-5-13-22-20(17)23/h2-13H,1H3. The minimum absolute atomic E-state index is 0.249. The van der Waals surface area contributed by atoms with Gasteiger partial charge in [0.05, 0.1) is 10.6 Å². The SMILES string of the molecule is Cc1ccc(S(=O)(=O)n2c(-c3ccccc3)c(I)c3cccnc32)cc1. The number of hydrogen-bond acceptors (Lipinski definition) is 3. The van der Waals surface area contributed by atoms with Gasteiger partial charge in [-0.1, -0.05) is 48.0 Å². The fourth-order valence-corrected chi connectivity index (χ4v) is 5.58. The van der Waals surface area contributed by atoms with Crippen LogP contribution in [-0.4, -0.2) is 17.4 Å². The quantitative estimate of drug-likeness (QED) is 0.399. The number of halogens is 1. The van der Waals surface area contributed by atoms with E-state index in [-0.39, 0.29) is 4.90 Å². The predicted octanol–water partition coefficient (Wildman–Crippen LogP) is 4.85. The van der Waals surface area contributed by atoms with E-state index in [2.05, 4.69) is 27.6 Å². The van der Waals surface area contributed by atoms with E-state index in [0.717, 1.165) is 20.1 Å². The summed E-state index contributed by atoms with van der Waals surface area (Å²) in [7, 11) is -3.79. The Morgan fingerprint density at radius 3 is 2.31 bits per heavy atom. The van der Waals surface area contributed by atoms with Crippen LogP contribution in [0.25, 0.3) is 22.3 Å². The Morgan fingerprint density at radius 2 is 1.62 bits per heavy atom. The maximum Gasteiger partial charge on any atom is 0.269 e. The van der Waals surface area contributed by atoms with Gasteiger partial charge in [-0.15, -0.1) is 0 Å². The zero-order valence-corrected chi connectivity index (χ0v) is 16.9. The molecule has 0 spiro atoms. The highest BCUT2D eigenvalue weighted by Crippen LogP contribution is 2.36. The van der Waals surface area contributed by atoms with Gasteiger partial charge in [0.1, 0.15) is 0 Å². The molecule has 2 aromatic heterocycles. The van der Waals surface area contributed by atoms with Gasteiger partial charge in [0.25, 0.3) is 10.0 Å². The number of benzene rings is 2. The smallest absolute Gasteiger partial charge is 0.237 e. The fraction of sp³-hybridized carbons (Fsp3) is 0.0500. The molecule has 130 valence electrons. The van der Waals surface area contributed by atoms with Crippen LogP contribution in [0.5, 0.6) is 0 Å². The molecule has 0 aliphatic carbocycles. The molecule has 0 aliphatic heterocycles. The van der Waals surface area contributed by atoms with E-state index in [1.807, 2.05) is 49.4 Å². The highest BCUT2D eigenvalue weighted by atomic mass is 127. The Hall–Kier alpha value is -2.19. The Morgan fingerprint density at radius 1 is 0.923 bits per heavy atom. The summed E-state index contributed by atoms with van der Waals surface area (Å²) in [5, 5.41) is 0.822. The first-order chi connectivity index (χ1) is 12.5. The van der Waals surface area contributed by atoms with Crippen LogP contribution in [0.4, 0.5) is 0 Å². The van der Waals surface area contributed by atoms with Crippen molar-refractivity contribution in [2.24, 2.45) is 0 Å². The molecule has 0 unspecified atom stereocenters. The Bertz CT molecular complexity index is 1200. The topological polar surface area (TPSA) is 52.0 Å². The lowest BCUT2D eigenvalue weighted by atomic mass is 10.1. The molecule has 0 saturated carbocycles. The molecule has 2 aromatic carbocycles. The van der Waals surface area contributed by atoms with Crippen LogP contribution < -0.4 is 0 Å². The minimum Gasteiger partial charge on any atom is -0.237 e. The summed E-state index contributed by atoms with van der Waals surface area (Å²) >= 11 is 2.20. The first kappa shape index (κ1) is 17.2. The molecule has 4 nitrogen and oxygen atoms in total. The molecule has 0 radical (unpaired) electrons. The van der Waals surface area contributed by atoms with Crippen LogP contribution in [0.3, 0.4) is 0 Å². The highest BCUT2D eigenvalue weighted by Gasteiger charge is 2.27. The van der Waals surface area contributed by atoms with Crippen molar-refractivity contribution >= 4 is 43.6 Å². The van der Waals surface area contributed by atoms with E-state index >= 15 is 0 Å². The maximum absolute atomic E-state index is 13.5. The van der Waals surface area contributed by atoms with Gasteiger partial charge in [0.15, 0.2) is 5.65 Å². The first-order valence-corrected chi connectivity index (χ1v) is 10.5. The van der Waals surface area contributed by atoms with Crippen molar-refractivity contribution in [3.05, 3.63) is 82.1 Å². The van der Waals surface area contributed by atoms with E-state index in [4.69, 9.17) is 0 Å². The molecule has 0 bridgehead atoms. The first-order valence-electron chi connectivity index (χ1n) is 8.03. The number of fused-ring (bicyclic) bond motifs is 1. The summed E-state index contributed by atoms with van der Waals surface area (Å²) in [5.74, 6) is 0. The second kappa shape index (κ2) is 6.51. The lowest BCUT2D eigenvalue weighted by molar-refractivity contribution is 0.589. The number of pyridine rings is 1. The van der Waals surface area contributed by atoms with Crippen molar-refractivity contribution in [2.45, 2.75) is 11.8 Å². The highest BCUT2D eigenvalue weighted by molar-refractivity contribution is 14.1. The molecule has 2 heterocycles. The zero-order valence-electron chi connectivity index (χ0n) is 13.9. The molecule has 4 aromatic rings. The van der Waals surface area contributed by atoms with Crippen molar-refractivity contribution in [1.29, 1.82) is 0 Å². The minimum atomic E-state index is -3.79. The van der Waals surface area contributed by atoms with Gasteiger partial charge in [-0.3, -0.25) is 0 Å². The molecule has 4 rings (SSSR count). The number of nitrogens with zero attached hydrogens (tertiary/aromatic N) is 2. The molecule has 0 N–H and O–H groups in total. The van der Waals surface area contributed by atoms with Crippen LogP contribution >= 0.6 is 22.6 Å². The lowest BCUT2D eigenvalue weighted by Gasteiger charge is -2.12.